The molecule has 2 heterocycles. The fourth-order valence-electron chi connectivity index (χ4n) is 6.86. The molecule has 5 nitrogen and oxygen atoms in total. The highest BCUT2D eigenvalue weighted by Gasteiger charge is 2.41. The zero-order chi connectivity index (χ0) is 37.2. The Balaban J connectivity index is 1.61. The second-order valence-electron chi connectivity index (χ2n) is 14.2. The molecule has 1 aliphatic heterocycles. The number of para-hydroxylation sites is 1. The molecule has 260 valence electrons. The molecule has 0 fully saturated rings. The number of aryl methyl sites for hydroxylation is 3. The summed E-state index contributed by atoms with van der Waals surface area (Å²) in [5, 5.41) is 0. The largest absolute Gasteiger partial charge is 0.298 e. The summed E-state index contributed by atoms with van der Waals surface area (Å²) in [5.41, 5.74) is 12.2. The Labute approximate surface area is 313 Å². The molecule has 0 bridgehead atoms. The number of anilines is 4. The molecule has 1 aliphatic rings. The van der Waals surface area contributed by atoms with Crippen LogP contribution in [0, 0.1) is 44.5 Å². The fourth-order valence-corrected chi connectivity index (χ4v) is 6.86. The molecule has 53 heavy (non-hydrogen) atoms. The van der Waals surface area contributed by atoms with Crippen molar-refractivity contribution in [1.82, 2.24) is 9.97 Å². The summed E-state index contributed by atoms with van der Waals surface area (Å²) >= 11 is 0. The first-order valence-corrected chi connectivity index (χ1v) is 18.1. The maximum Gasteiger partial charge on any atom is 0.183 e. The monoisotopic (exact) mass is 690 g/mol. The van der Waals surface area contributed by atoms with Gasteiger partial charge in [0.05, 0.1) is 33.5 Å². The summed E-state index contributed by atoms with van der Waals surface area (Å²) in [4.78, 5) is 27.8. The molecule has 0 N–H and O–H groups in total. The summed E-state index contributed by atoms with van der Waals surface area (Å²) in [6, 6.07) is 34.8. The van der Waals surface area contributed by atoms with E-state index in [-0.39, 0.29) is 11.8 Å². The number of benzene rings is 5. The topological polar surface area (TPSA) is 49.3 Å². The number of carbonyl (C=O) groups excluding carboxylic acids is 1. The van der Waals surface area contributed by atoms with E-state index in [2.05, 4.69) is 124 Å². The van der Waals surface area contributed by atoms with Crippen LogP contribution in [0.3, 0.4) is 0 Å². The Hall–Kier alpha value is -6.43. The number of hydrogen-bond donors (Lipinski definition) is 0. The van der Waals surface area contributed by atoms with Gasteiger partial charge in [0.1, 0.15) is 12.1 Å². The minimum Gasteiger partial charge on any atom is -0.298 e. The molecule has 1 aromatic heterocycles. The van der Waals surface area contributed by atoms with E-state index < -0.39 is 0 Å². The maximum absolute atomic E-state index is 12.8. The predicted octanol–water partition coefficient (Wildman–Crippen LogP) is 10.9. The third-order valence-electron chi connectivity index (χ3n) is 9.62. The number of rotatable bonds is 5. The van der Waals surface area contributed by atoms with Crippen LogP contribution in [0.5, 0.6) is 0 Å². The van der Waals surface area contributed by atoms with Crippen LogP contribution in [0.1, 0.15) is 89.6 Å². The number of hydrogen-bond acceptors (Lipinski definition) is 5. The van der Waals surface area contributed by atoms with Gasteiger partial charge in [-0.25, -0.2) is 9.97 Å². The van der Waals surface area contributed by atoms with Gasteiger partial charge >= 0.3 is 0 Å². The number of carbonyl (C=O) groups is 1. The molecule has 7 rings (SSSR count). The highest BCUT2D eigenvalue weighted by molar-refractivity contribution is 5.98. The molecule has 6 aromatic rings. The van der Waals surface area contributed by atoms with Crippen molar-refractivity contribution in [3.63, 3.8) is 0 Å². The van der Waals surface area contributed by atoms with Crippen molar-refractivity contribution < 1.29 is 4.79 Å². The van der Waals surface area contributed by atoms with Gasteiger partial charge < -0.3 is 0 Å². The average molecular weight is 691 g/mol. The van der Waals surface area contributed by atoms with Crippen LogP contribution in [0.15, 0.2) is 115 Å². The minimum absolute atomic E-state index is 0.191. The first-order chi connectivity index (χ1) is 25.6. The van der Waals surface area contributed by atoms with Gasteiger partial charge in [0.2, 0.25) is 0 Å². The van der Waals surface area contributed by atoms with Crippen molar-refractivity contribution in [1.29, 1.82) is 0 Å². The Morgan fingerprint density at radius 3 is 1.45 bits per heavy atom. The van der Waals surface area contributed by atoms with Crippen LogP contribution in [-0.4, -0.2) is 16.3 Å². The van der Waals surface area contributed by atoms with E-state index >= 15 is 0 Å². The van der Waals surface area contributed by atoms with Crippen LogP contribution < -0.4 is 9.80 Å². The van der Waals surface area contributed by atoms with E-state index in [4.69, 9.17) is 9.97 Å². The molecule has 0 saturated carbocycles. The predicted molar refractivity (Wildman–Crippen MR) is 218 cm³/mol. The number of allylic oxidation sites excluding steroid dienone is 1. The van der Waals surface area contributed by atoms with Gasteiger partial charge in [0.15, 0.2) is 11.6 Å². The molecule has 0 aliphatic carbocycles. The second kappa shape index (κ2) is 14.7. The molecule has 0 unspecified atom stereocenters. The lowest BCUT2D eigenvalue weighted by Crippen LogP contribution is -2.25. The zero-order valence-electron chi connectivity index (χ0n) is 31.3. The molecule has 5 aromatic carbocycles. The Morgan fingerprint density at radius 1 is 0.566 bits per heavy atom. The van der Waals surface area contributed by atoms with Crippen molar-refractivity contribution >= 4 is 40.3 Å². The molecule has 0 radical (unpaired) electrons. The maximum atomic E-state index is 12.8. The van der Waals surface area contributed by atoms with Gasteiger partial charge in [-0.05, 0) is 109 Å². The zero-order valence-corrected chi connectivity index (χ0v) is 31.3. The lowest BCUT2D eigenvalue weighted by molar-refractivity contribution is -0.104. The molecular formula is C48H42N4O. The molecule has 5 heteroatoms. The second-order valence-corrected chi connectivity index (χ2v) is 14.2. The van der Waals surface area contributed by atoms with Crippen LogP contribution in [-0.2, 0) is 4.79 Å². The lowest BCUT2D eigenvalue weighted by Gasteiger charge is -2.30. The molecular weight excluding hydrogens is 649 g/mol. The van der Waals surface area contributed by atoms with E-state index in [1.165, 1.54) is 0 Å². The normalized spacial score (nSPS) is 12.9. The quantitative estimate of drug-likeness (QED) is 0.102. The Kier molecular flexibility index (Phi) is 9.68. The third-order valence-corrected chi connectivity index (χ3v) is 9.62. The number of aldehydes is 1. The molecule has 0 atom stereocenters. The van der Waals surface area contributed by atoms with Gasteiger partial charge in [-0.3, -0.25) is 14.6 Å². The van der Waals surface area contributed by atoms with Crippen molar-refractivity contribution in [2.75, 3.05) is 9.80 Å². The third kappa shape index (κ3) is 6.83. The van der Waals surface area contributed by atoms with Gasteiger partial charge in [0, 0.05) is 17.2 Å². The van der Waals surface area contributed by atoms with Crippen LogP contribution in [0.2, 0.25) is 0 Å². The summed E-state index contributed by atoms with van der Waals surface area (Å²) < 4.78 is 0. The van der Waals surface area contributed by atoms with Gasteiger partial charge in [0.25, 0.3) is 0 Å². The van der Waals surface area contributed by atoms with Crippen LogP contribution in [0.25, 0.3) is 11.0 Å². The standard InChI is InChI=1S/C48H42N4O/c1-31(2)40-19-14-20-41(32(3)4)46(40)52-44(25-26-53)51(47-48(52)50-43-30-35(7)34(6)29-42(43)49-47)45-38(23-21-36-15-10-8-11-16-36)27-33(5)28-39(45)24-22-37-17-12-9-13-18-37/h8-20,25-32H,1-7H3/b44-25-. The smallest absolute Gasteiger partial charge is 0.183 e. The van der Waals surface area contributed by atoms with E-state index in [1.54, 1.807) is 6.08 Å². The summed E-state index contributed by atoms with van der Waals surface area (Å²) in [6.45, 7) is 15.1. The highest BCUT2D eigenvalue weighted by Crippen LogP contribution is 2.52. The van der Waals surface area contributed by atoms with E-state index in [1.807, 2.05) is 60.7 Å². The SMILES string of the molecule is Cc1cc(C#Cc2ccccc2)c(N2/C(=C/C=O)N(c3c(C(C)C)cccc3C(C)C)c3nc4cc(C)c(C)cc4nc32)c(C#Cc2ccccc2)c1. The van der Waals surface area contributed by atoms with E-state index in [0.29, 0.717) is 17.5 Å². The molecule has 0 spiro atoms. The highest BCUT2D eigenvalue weighted by atomic mass is 16.1. The minimum atomic E-state index is 0.191. The Morgan fingerprint density at radius 2 is 1.02 bits per heavy atom. The number of aromatic nitrogens is 2. The van der Waals surface area contributed by atoms with Crippen molar-refractivity contribution in [3.8, 4) is 23.7 Å². The number of fused-ring (bicyclic) bond motifs is 2. The Bertz CT molecular complexity index is 2420. The first-order valence-electron chi connectivity index (χ1n) is 18.1. The van der Waals surface area contributed by atoms with E-state index in [0.717, 1.165) is 78.8 Å². The summed E-state index contributed by atoms with van der Waals surface area (Å²) in [5.74, 6) is 16.0. The average Bonchev–Trinajstić information content (AvgIpc) is 3.44. The van der Waals surface area contributed by atoms with Gasteiger partial charge in [-0.15, -0.1) is 0 Å². The first kappa shape index (κ1) is 35.0. The molecule has 0 saturated heterocycles. The molecule has 0 amide bonds. The van der Waals surface area contributed by atoms with E-state index in [9.17, 15) is 4.79 Å². The van der Waals surface area contributed by atoms with Crippen molar-refractivity contribution in [2.24, 2.45) is 0 Å². The van der Waals surface area contributed by atoms with Gasteiger partial charge in [-0.2, -0.15) is 0 Å². The lowest BCUT2D eigenvalue weighted by atomic mass is 9.92. The van der Waals surface area contributed by atoms with Crippen LogP contribution >= 0.6 is 0 Å². The number of nitrogens with zero attached hydrogens (tertiary/aromatic N) is 4. The van der Waals surface area contributed by atoms with Crippen LogP contribution in [0.4, 0.5) is 23.0 Å². The summed E-state index contributed by atoms with van der Waals surface area (Å²) in [6.07, 6.45) is 2.47. The van der Waals surface area contributed by atoms with Crippen molar-refractivity contribution in [2.45, 2.75) is 60.3 Å². The van der Waals surface area contributed by atoms with Gasteiger partial charge in [-0.1, -0.05) is 106 Å². The summed E-state index contributed by atoms with van der Waals surface area (Å²) in [7, 11) is 0. The van der Waals surface area contributed by atoms with Crippen molar-refractivity contribution in [3.05, 3.63) is 165 Å². The fraction of sp³-hybridized carbons (Fsp3) is 0.188.